The number of amides is 1. The van der Waals surface area contributed by atoms with E-state index in [1.165, 1.54) is 12.5 Å². The molecule has 2 spiro atoms. The maximum absolute atomic E-state index is 15.5. The van der Waals surface area contributed by atoms with Crippen molar-refractivity contribution in [1.29, 1.82) is 0 Å². The molecule has 1 aliphatic heterocycles. The van der Waals surface area contributed by atoms with Crippen LogP contribution in [0.5, 0.6) is 0 Å². The molecule has 10 aliphatic carbocycles. The number of carbonyl (C=O) groups is 3. The van der Waals surface area contributed by atoms with Gasteiger partial charge in [0.2, 0.25) is 0 Å². The van der Waals surface area contributed by atoms with Crippen LogP contribution in [-0.4, -0.2) is 63.2 Å². The first-order valence-corrected chi connectivity index (χ1v) is 23.3. The van der Waals surface area contributed by atoms with Crippen LogP contribution in [0.15, 0.2) is 42.0 Å². The van der Waals surface area contributed by atoms with E-state index in [1.54, 1.807) is 12.1 Å². The van der Waals surface area contributed by atoms with Gasteiger partial charge in [-0.3, -0.25) is 14.4 Å². The number of allylic oxidation sites excluding steroid dienone is 4. The van der Waals surface area contributed by atoms with Gasteiger partial charge in [-0.05, 0) is 137 Å². The van der Waals surface area contributed by atoms with E-state index >= 15 is 9.18 Å². The van der Waals surface area contributed by atoms with Crippen molar-refractivity contribution in [2.24, 2.45) is 67.5 Å². The number of esters is 1. The van der Waals surface area contributed by atoms with Gasteiger partial charge in [0.05, 0.1) is 23.7 Å². The van der Waals surface area contributed by atoms with Gasteiger partial charge in [0.15, 0.2) is 11.4 Å². The lowest BCUT2D eigenvalue weighted by atomic mass is 9.32. The Balaban J connectivity index is 1.05. The van der Waals surface area contributed by atoms with Crippen LogP contribution in [0.1, 0.15) is 131 Å². The zero-order valence-corrected chi connectivity index (χ0v) is 37.0. The summed E-state index contributed by atoms with van der Waals surface area (Å²) in [6, 6.07) is 4.53. The van der Waals surface area contributed by atoms with Crippen molar-refractivity contribution in [3.05, 3.63) is 58.4 Å². The van der Waals surface area contributed by atoms with Gasteiger partial charge in [-0.1, -0.05) is 77.4 Å². The second-order valence-electron chi connectivity index (χ2n) is 23.2. The number of carbonyl (C=O) groups excluding carboxylic acids is 3. The molecule has 1 unspecified atom stereocenters. The molecule has 13 atom stereocenters. The average molecular weight is 831 g/mol. The number of aliphatic hydroxyl groups excluding tert-OH is 1. The fourth-order valence-corrected chi connectivity index (χ4v) is 16.8. The van der Waals surface area contributed by atoms with Gasteiger partial charge >= 0.3 is 5.97 Å². The van der Waals surface area contributed by atoms with Crippen LogP contribution in [0.2, 0.25) is 5.02 Å². The van der Waals surface area contributed by atoms with Crippen molar-refractivity contribution < 1.29 is 33.7 Å². The van der Waals surface area contributed by atoms with Crippen molar-refractivity contribution in [2.45, 2.75) is 149 Å². The molecule has 1 amide bonds. The lowest BCUT2D eigenvalue weighted by molar-refractivity contribution is -0.191. The minimum absolute atomic E-state index is 0.0792. The Bertz CT molecular complexity index is 2090. The molecular formula is C50H65ClFNO6. The van der Waals surface area contributed by atoms with Crippen LogP contribution >= 0.6 is 11.6 Å². The van der Waals surface area contributed by atoms with Gasteiger partial charge in [-0.15, -0.1) is 0 Å². The molecule has 1 heterocycles. The van der Waals surface area contributed by atoms with E-state index in [2.05, 4.69) is 45.9 Å². The number of fused-ring (bicyclic) bond motifs is 5. The average Bonchev–Trinajstić information content (AvgIpc) is 3.63. The molecule has 11 aliphatic rings. The summed E-state index contributed by atoms with van der Waals surface area (Å²) >= 11 is 6.55. The van der Waals surface area contributed by atoms with Crippen LogP contribution in [0.25, 0.3) is 0 Å². The lowest BCUT2D eigenvalue weighted by Gasteiger charge is -2.71. The third-order valence-corrected chi connectivity index (χ3v) is 21.4. The Hall–Kier alpha value is -2.55. The molecule has 8 fully saturated rings. The molecule has 7 saturated carbocycles. The van der Waals surface area contributed by atoms with E-state index in [1.807, 2.05) is 25.7 Å². The van der Waals surface area contributed by atoms with Crippen LogP contribution in [0.3, 0.4) is 0 Å². The smallest absolute Gasteiger partial charge is 0.313 e. The van der Waals surface area contributed by atoms with Gasteiger partial charge in [-0.2, -0.15) is 0 Å². The van der Waals surface area contributed by atoms with Crippen molar-refractivity contribution in [3.63, 3.8) is 0 Å². The number of Topliss-reactive ketones (excluding diaryl/α,β-unsaturated/α-hetero) is 1. The molecule has 1 aromatic carbocycles. The number of nitrogens with zero attached hydrogens (tertiary/aromatic N) is 1. The molecule has 6 bridgehead atoms. The Morgan fingerprint density at radius 1 is 0.915 bits per heavy atom. The fraction of sp³-hybridized carbons (Fsp3) is 0.740. The second-order valence-corrected chi connectivity index (χ2v) is 23.6. The summed E-state index contributed by atoms with van der Waals surface area (Å²) in [5, 5.41) is 24.9. The fourth-order valence-electron chi connectivity index (χ4n) is 16.6. The van der Waals surface area contributed by atoms with Crippen LogP contribution in [0.4, 0.5) is 4.39 Å². The van der Waals surface area contributed by atoms with E-state index in [9.17, 15) is 19.8 Å². The maximum atomic E-state index is 15.5. The Morgan fingerprint density at radius 3 is 2.29 bits per heavy atom. The van der Waals surface area contributed by atoms with E-state index in [0.717, 1.165) is 32.1 Å². The number of hydrogen-bond donors (Lipinski definition) is 2. The summed E-state index contributed by atoms with van der Waals surface area (Å²) in [5.41, 5.74) is -5.08. The largest absolute Gasteiger partial charge is 0.448 e. The number of halogens is 2. The molecule has 59 heavy (non-hydrogen) atoms. The minimum atomic E-state index is -1.29. The number of rotatable bonds is 8. The Morgan fingerprint density at radius 2 is 1.63 bits per heavy atom. The van der Waals surface area contributed by atoms with Gasteiger partial charge < -0.3 is 19.8 Å². The van der Waals surface area contributed by atoms with E-state index in [-0.39, 0.29) is 69.8 Å². The minimum Gasteiger partial charge on any atom is -0.448 e. The highest BCUT2D eigenvalue weighted by atomic mass is 35.5. The molecule has 0 aromatic heterocycles. The number of aliphatic hydroxyl groups is 2. The highest BCUT2D eigenvalue weighted by molar-refractivity contribution is 6.31. The van der Waals surface area contributed by atoms with Crippen molar-refractivity contribution in [2.75, 3.05) is 13.1 Å². The second kappa shape index (κ2) is 12.3. The van der Waals surface area contributed by atoms with Crippen molar-refractivity contribution in [1.82, 2.24) is 4.90 Å². The van der Waals surface area contributed by atoms with E-state index in [0.29, 0.717) is 62.5 Å². The highest BCUT2D eigenvalue weighted by Gasteiger charge is 2.78. The molecule has 1 saturated heterocycles. The molecule has 1 aromatic rings. The SMILES string of the molecule is CC1(C)[C@H]2CC[C@@H](CN(C[C@]3(O)CC[C@H]4[C@]56C=C[C@@]7(C=C5C(=O)Cc5c(F)cccc5Cl)CC(O)CC[C@]7(C)[C@H]6CC[C@@]43C)C(=O)[C@@]34CC[C@@](C)(C(=O)O3)C4(C)C)[C@@H]1C2. The summed E-state index contributed by atoms with van der Waals surface area (Å²) in [6.45, 7) is 16.0. The lowest BCUT2D eigenvalue weighted by Crippen LogP contribution is -2.68. The summed E-state index contributed by atoms with van der Waals surface area (Å²) in [4.78, 5) is 46.0. The third kappa shape index (κ3) is 4.76. The molecule has 7 nitrogen and oxygen atoms in total. The molecule has 320 valence electrons. The zero-order valence-electron chi connectivity index (χ0n) is 36.3. The van der Waals surface area contributed by atoms with Gasteiger partial charge in [0, 0.05) is 50.8 Å². The quantitative estimate of drug-likeness (QED) is 0.200. The number of hydrogen-bond acceptors (Lipinski definition) is 6. The monoisotopic (exact) mass is 829 g/mol. The summed E-state index contributed by atoms with van der Waals surface area (Å²) in [5.74, 6) is 0.321. The topological polar surface area (TPSA) is 104 Å². The molecule has 9 heteroatoms. The maximum Gasteiger partial charge on any atom is 0.313 e. The summed E-state index contributed by atoms with van der Waals surface area (Å²) < 4.78 is 21.6. The molecular weight excluding hydrogens is 765 g/mol. The number of ether oxygens (including phenoxy) is 1. The van der Waals surface area contributed by atoms with Gasteiger partial charge in [-0.25, -0.2) is 4.39 Å². The predicted octanol–water partition coefficient (Wildman–Crippen LogP) is 9.20. The zero-order chi connectivity index (χ0) is 42.1. The van der Waals surface area contributed by atoms with E-state index in [4.69, 9.17) is 16.3 Å². The number of benzene rings is 1. The first-order chi connectivity index (χ1) is 27.6. The number of ketones is 1. The van der Waals surface area contributed by atoms with Gasteiger partial charge in [0.1, 0.15) is 5.82 Å². The van der Waals surface area contributed by atoms with Gasteiger partial charge in [0.25, 0.3) is 5.91 Å². The first-order valence-electron chi connectivity index (χ1n) is 22.9. The molecule has 12 rings (SSSR count). The Kier molecular flexibility index (Phi) is 8.47. The Labute approximate surface area is 354 Å². The predicted molar refractivity (Wildman–Crippen MR) is 223 cm³/mol. The van der Waals surface area contributed by atoms with Crippen molar-refractivity contribution >= 4 is 29.3 Å². The summed E-state index contributed by atoms with van der Waals surface area (Å²) in [7, 11) is 0. The van der Waals surface area contributed by atoms with Crippen LogP contribution in [0, 0.1) is 73.3 Å². The van der Waals surface area contributed by atoms with Crippen molar-refractivity contribution in [3.8, 4) is 0 Å². The normalized spacial score (nSPS) is 47.7. The van der Waals surface area contributed by atoms with Crippen LogP contribution in [-0.2, 0) is 25.5 Å². The van der Waals surface area contributed by atoms with Crippen LogP contribution < -0.4 is 0 Å². The standard InChI is InChI=1S/C50H65ClFNO6/c1-42(2)30-12-11-29(33(42)23-30)27-53(40(56)50-22-19-46(7,41(57)59-50)43(50,3)4)28-48(58)18-15-39-45(48,6)17-14-38-44(5)16-13-31(54)25-47(44)20-21-49(38,39)34(26-47)37(55)24-32-35(51)9-8-10-36(32)52/h8-10,20-21,26,29-31,33,38-39,54,58H,11-19,22-25,27-28H2,1-7H3/t29-,30-,31?,33-,38+,39+,44+,45-,46-,47-,48+,49+,50+/m0/s1. The third-order valence-electron chi connectivity index (χ3n) is 21.0. The molecule has 0 radical (unpaired) electrons. The summed E-state index contributed by atoms with van der Waals surface area (Å²) in [6.07, 6.45) is 15.2. The first kappa shape index (κ1) is 40.5. The highest BCUT2D eigenvalue weighted by Crippen LogP contribution is 2.78. The van der Waals surface area contributed by atoms with E-state index < -0.39 is 50.2 Å². The molecule has 2 N–H and O–H groups in total.